The number of amides is 1. The number of rotatable bonds is 16. The Balaban J connectivity index is 1.54. The van der Waals surface area contributed by atoms with E-state index in [0.717, 1.165) is 33.8 Å². The maximum Gasteiger partial charge on any atom is 0.227 e. The maximum absolute atomic E-state index is 12.9. The zero-order valence-corrected chi connectivity index (χ0v) is 28.3. The Labute approximate surface area is 273 Å². The van der Waals surface area contributed by atoms with E-state index >= 15 is 0 Å². The molecule has 4 rings (SSSR count). The number of nitrogens with zero attached hydrogens (tertiary/aromatic N) is 1. The van der Waals surface area contributed by atoms with Gasteiger partial charge in [-0.2, -0.15) is 0 Å². The lowest BCUT2D eigenvalue weighted by molar-refractivity contribution is -0.124. The third-order valence-electron chi connectivity index (χ3n) is 7.80. The number of methoxy groups -OCH3 is 2. The quantitative estimate of drug-likeness (QED) is 0.102. The van der Waals surface area contributed by atoms with E-state index in [2.05, 4.69) is 17.4 Å². The van der Waals surface area contributed by atoms with Gasteiger partial charge in [-0.25, -0.2) is 0 Å². The van der Waals surface area contributed by atoms with E-state index in [4.69, 9.17) is 18.7 Å². The van der Waals surface area contributed by atoms with Gasteiger partial charge >= 0.3 is 0 Å². The molecule has 0 heterocycles. The summed E-state index contributed by atoms with van der Waals surface area (Å²) in [5.41, 5.74) is 3.51. The first-order valence-corrected chi connectivity index (χ1v) is 16.5. The van der Waals surface area contributed by atoms with E-state index in [1.165, 1.54) is 0 Å². The summed E-state index contributed by atoms with van der Waals surface area (Å²) in [7, 11) is 7.67. The first kappa shape index (κ1) is 34.8. The molecule has 8 nitrogen and oxygen atoms in total. The monoisotopic (exact) mass is 642 g/mol. The standard InChI is InChI=1S/C37H43N2O6P/c1-27(24-33(40)26-46(44-6)39(2)3)36(41)38-32-18-12-28(13-19-32)25-45-37(29-10-8-7-9-11-29,30-14-20-34(42-4)21-15-30)31-16-22-35(43-5)23-17-31/h7-23,27H,24-26H2,1-6H3,(H,38,41). The summed E-state index contributed by atoms with van der Waals surface area (Å²) in [6.45, 7) is 2.06. The Morgan fingerprint density at radius 1 is 0.761 bits per heavy atom. The molecule has 4 aromatic rings. The molecule has 1 N–H and O–H groups in total. The maximum atomic E-state index is 12.9. The fourth-order valence-corrected chi connectivity index (χ4v) is 6.40. The molecule has 0 fully saturated rings. The number of Topliss-reactive ketones (excluding diaryl/α,β-unsaturated/α-hetero) is 1. The van der Waals surface area contributed by atoms with E-state index in [0.29, 0.717) is 18.5 Å². The summed E-state index contributed by atoms with van der Waals surface area (Å²) >= 11 is 0. The molecule has 2 unspecified atom stereocenters. The number of nitrogens with one attached hydrogen (secondary N) is 1. The first-order valence-electron chi connectivity index (χ1n) is 15.1. The lowest BCUT2D eigenvalue weighted by Crippen LogP contribution is -2.32. The van der Waals surface area contributed by atoms with Crippen LogP contribution in [0.2, 0.25) is 0 Å². The van der Waals surface area contributed by atoms with Gasteiger partial charge in [0.15, 0.2) is 0 Å². The smallest absolute Gasteiger partial charge is 0.227 e. The SMILES string of the molecule is COc1ccc(C(OCc2ccc(NC(=O)C(C)CC(=O)CP(OC)N(C)C)cc2)(c2ccccc2)c2ccc(OC)cc2)cc1. The Hall–Kier alpha value is -4.07. The number of ether oxygens (including phenoxy) is 3. The van der Waals surface area contributed by atoms with Gasteiger partial charge in [0.25, 0.3) is 0 Å². The second-order valence-corrected chi connectivity index (χ2v) is 13.3. The van der Waals surface area contributed by atoms with Crippen LogP contribution >= 0.6 is 8.30 Å². The molecule has 0 aromatic heterocycles. The highest BCUT2D eigenvalue weighted by molar-refractivity contribution is 7.51. The van der Waals surface area contributed by atoms with Gasteiger partial charge < -0.3 is 24.1 Å². The van der Waals surface area contributed by atoms with Gasteiger partial charge in [0.2, 0.25) is 5.91 Å². The second kappa shape index (κ2) is 16.5. The van der Waals surface area contributed by atoms with E-state index in [-0.39, 0.29) is 18.1 Å². The zero-order chi connectivity index (χ0) is 33.1. The Morgan fingerprint density at radius 3 is 1.76 bits per heavy atom. The summed E-state index contributed by atoms with van der Waals surface area (Å²) in [5, 5.41) is 2.94. The average Bonchev–Trinajstić information content (AvgIpc) is 3.09. The van der Waals surface area contributed by atoms with Crippen LogP contribution in [0.15, 0.2) is 103 Å². The van der Waals surface area contributed by atoms with E-state index in [9.17, 15) is 9.59 Å². The van der Waals surface area contributed by atoms with Gasteiger partial charge in [0.05, 0.1) is 27.0 Å². The number of carbonyl (C=O) groups excluding carboxylic acids is 2. The zero-order valence-electron chi connectivity index (χ0n) is 27.4. The third kappa shape index (κ3) is 8.59. The summed E-state index contributed by atoms with van der Waals surface area (Å²) in [6.07, 6.45) is 0.453. The van der Waals surface area contributed by atoms with Gasteiger partial charge in [0, 0.05) is 25.1 Å². The fourth-order valence-electron chi connectivity index (χ4n) is 5.23. The molecule has 9 heteroatoms. The summed E-state index contributed by atoms with van der Waals surface area (Å²) < 4.78 is 25.2. The van der Waals surface area contributed by atoms with Crippen molar-refractivity contribution in [1.29, 1.82) is 0 Å². The topological polar surface area (TPSA) is 86.3 Å². The van der Waals surface area contributed by atoms with Crippen molar-refractivity contribution in [3.63, 3.8) is 0 Å². The highest BCUT2D eigenvalue weighted by atomic mass is 31.2. The highest BCUT2D eigenvalue weighted by Crippen LogP contribution is 2.42. The number of carbonyl (C=O) groups is 2. The largest absolute Gasteiger partial charge is 0.497 e. The number of benzene rings is 4. The minimum Gasteiger partial charge on any atom is -0.497 e. The normalized spacial score (nSPS) is 12.8. The molecule has 0 saturated carbocycles. The Morgan fingerprint density at radius 2 is 1.28 bits per heavy atom. The van der Waals surface area contributed by atoms with Crippen molar-refractivity contribution < 1.29 is 28.3 Å². The molecule has 0 spiro atoms. The molecule has 46 heavy (non-hydrogen) atoms. The van der Waals surface area contributed by atoms with E-state index in [1.54, 1.807) is 28.3 Å². The van der Waals surface area contributed by atoms with Gasteiger partial charge in [-0.05, 0) is 72.7 Å². The second-order valence-electron chi connectivity index (χ2n) is 11.2. The van der Waals surface area contributed by atoms with Crippen LogP contribution in [0, 0.1) is 5.92 Å². The summed E-state index contributed by atoms with van der Waals surface area (Å²) in [4.78, 5) is 25.5. The van der Waals surface area contributed by atoms with Crippen LogP contribution in [-0.4, -0.2) is 57.9 Å². The molecular formula is C37H43N2O6P. The van der Waals surface area contributed by atoms with Crippen molar-refractivity contribution in [3.05, 3.63) is 125 Å². The minimum atomic E-state index is -0.992. The molecule has 1 amide bonds. The first-order chi connectivity index (χ1) is 22.2. The molecule has 0 aliphatic heterocycles. The van der Waals surface area contributed by atoms with Gasteiger partial charge in [-0.3, -0.25) is 14.3 Å². The third-order valence-corrected chi connectivity index (χ3v) is 9.74. The van der Waals surface area contributed by atoms with Crippen LogP contribution in [0.3, 0.4) is 0 Å². The van der Waals surface area contributed by atoms with Gasteiger partial charge in [-0.15, -0.1) is 0 Å². The van der Waals surface area contributed by atoms with Crippen LogP contribution in [0.5, 0.6) is 11.5 Å². The van der Waals surface area contributed by atoms with Crippen LogP contribution in [0.25, 0.3) is 0 Å². The molecule has 0 aliphatic carbocycles. The molecule has 4 aromatic carbocycles. The van der Waals surface area contributed by atoms with Crippen molar-refractivity contribution in [1.82, 2.24) is 4.67 Å². The van der Waals surface area contributed by atoms with Crippen molar-refractivity contribution in [2.24, 2.45) is 5.92 Å². The molecular weight excluding hydrogens is 599 g/mol. The minimum absolute atomic E-state index is 0.00688. The van der Waals surface area contributed by atoms with Crippen LogP contribution in [-0.2, 0) is 31.1 Å². The number of anilines is 1. The van der Waals surface area contributed by atoms with Crippen molar-refractivity contribution in [3.8, 4) is 11.5 Å². The van der Waals surface area contributed by atoms with E-state index < -0.39 is 19.8 Å². The van der Waals surface area contributed by atoms with Gasteiger partial charge in [0.1, 0.15) is 31.2 Å². The van der Waals surface area contributed by atoms with Crippen molar-refractivity contribution in [2.45, 2.75) is 25.6 Å². The lowest BCUT2D eigenvalue weighted by atomic mass is 9.80. The van der Waals surface area contributed by atoms with E-state index in [1.807, 2.05) is 110 Å². The number of hydrogen-bond donors (Lipinski definition) is 1. The fraction of sp³-hybridized carbons (Fsp3) is 0.297. The Kier molecular flexibility index (Phi) is 12.5. The average molecular weight is 643 g/mol. The Bertz CT molecular complexity index is 1500. The summed E-state index contributed by atoms with van der Waals surface area (Å²) in [6, 6.07) is 33.6. The van der Waals surface area contributed by atoms with Crippen LogP contribution in [0.4, 0.5) is 5.69 Å². The van der Waals surface area contributed by atoms with Crippen LogP contribution < -0.4 is 14.8 Å². The number of hydrogen-bond acceptors (Lipinski definition) is 7. The predicted octanol–water partition coefficient (Wildman–Crippen LogP) is 7.27. The molecule has 0 saturated heterocycles. The van der Waals surface area contributed by atoms with Crippen LogP contribution in [0.1, 0.15) is 35.6 Å². The predicted molar refractivity (Wildman–Crippen MR) is 183 cm³/mol. The molecule has 0 radical (unpaired) electrons. The van der Waals surface area contributed by atoms with Crippen molar-refractivity contribution in [2.75, 3.05) is 46.9 Å². The van der Waals surface area contributed by atoms with Crippen molar-refractivity contribution >= 4 is 25.7 Å². The molecule has 0 bridgehead atoms. The highest BCUT2D eigenvalue weighted by Gasteiger charge is 2.38. The lowest BCUT2D eigenvalue weighted by Gasteiger charge is -2.36. The number of ketones is 1. The molecule has 2 atom stereocenters. The molecule has 242 valence electrons. The van der Waals surface area contributed by atoms with Gasteiger partial charge in [-0.1, -0.05) is 73.7 Å². The molecule has 0 aliphatic rings. The summed E-state index contributed by atoms with van der Waals surface area (Å²) in [5.74, 6) is 0.848.